The summed E-state index contributed by atoms with van der Waals surface area (Å²) in [5.41, 5.74) is 2.97. The van der Waals surface area contributed by atoms with Gasteiger partial charge in [0.05, 0.1) is 11.1 Å². The molecule has 20 heavy (non-hydrogen) atoms. The molecule has 1 N–H and O–H groups in total. The summed E-state index contributed by atoms with van der Waals surface area (Å²) >= 11 is 0. The van der Waals surface area contributed by atoms with Crippen molar-refractivity contribution in [1.29, 1.82) is 5.26 Å². The van der Waals surface area contributed by atoms with Crippen LogP contribution in [-0.4, -0.2) is 36.0 Å². The van der Waals surface area contributed by atoms with Crippen molar-refractivity contribution in [3.8, 4) is 6.07 Å². The molecule has 2 aromatic heterocycles. The van der Waals surface area contributed by atoms with Gasteiger partial charge in [-0.15, -0.1) is 0 Å². The molecule has 0 radical (unpaired) electrons. The van der Waals surface area contributed by atoms with E-state index in [2.05, 4.69) is 26.9 Å². The van der Waals surface area contributed by atoms with E-state index in [4.69, 9.17) is 0 Å². The van der Waals surface area contributed by atoms with Gasteiger partial charge in [-0.3, -0.25) is 4.90 Å². The fraction of sp³-hybridized carbons (Fsp3) is 0.438. The minimum absolute atomic E-state index is 0.738. The average molecular weight is 268 g/mol. The Morgan fingerprint density at radius 3 is 3.15 bits per heavy atom. The predicted molar refractivity (Wildman–Crippen MR) is 79.4 cm³/mol. The highest BCUT2D eigenvalue weighted by atomic mass is 15.1. The molecule has 0 aromatic carbocycles. The van der Waals surface area contributed by atoms with Gasteiger partial charge in [0.25, 0.3) is 0 Å². The van der Waals surface area contributed by atoms with Crippen molar-refractivity contribution < 1.29 is 0 Å². The first-order chi connectivity index (χ1) is 9.81. The zero-order valence-corrected chi connectivity index (χ0v) is 11.8. The zero-order chi connectivity index (χ0) is 13.9. The third-order valence-corrected chi connectivity index (χ3v) is 4.13. The second-order valence-electron chi connectivity index (χ2n) is 5.58. The van der Waals surface area contributed by atoms with Crippen LogP contribution < -0.4 is 5.32 Å². The van der Waals surface area contributed by atoms with Crippen molar-refractivity contribution in [2.24, 2.45) is 5.92 Å². The van der Waals surface area contributed by atoms with Crippen LogP contribution in [0.1, 0.15) is 17.5 Å². The highest BCUT2D eigenvalue weighted by Gasteiger charge is 2.23. The molecule has 0 aliphatic carbocycles. The van der Waals surface area contributed by atoms with Gasteiger partial charge in [0.2, 0.25) is 0 Å². The van der Waals surface area contributed by atoms with Crippen LogP contribution in [-0.2, 0) is 6.54 Å². The number of rotatable bonds is 4. The Bertz CT molecular complexity index is 637. The van der Waals surface area contributed by atoms with Gasteiger partial charge >= 0.3 is 0 Å². The van der Waals surface area contributed by atoms with Gasteiger partial charge in [-0.25, -0.2) is 0 Å². The van der Waals surface area contributed by atoms with Gasteiger partial charge in [0, 0.05) is 31.0 Å². The number of aromatic nitrogens is 1. The lowest BCUT2D eigenvalue weighted by atomic mass is 10.1. The number of fused-ring (bicyclic) bond motifs is 1. The van der Waals surface area contributed by atoms with E-state index in [0.717, 1.165) is 48.7 Å². The van der Waals surface area contributed by atoms with Gasteiger partial charge in [-0.05, 0) is 44.6 Å². The van der Waals surface area contributed by atoms with Crippen molar-refractivity contribution in [2.75, 3.05) is 26.7 Å². The lowest BCUT2D eigenvalue weighted by molar-refractivity contribution is 0.315. The molecule has 0 saturated carbocycles. The molecule has 1 aliphatic rings. The molecule has 3 heterocycles. The van der Waals surface area contributed by atoms with Crippen molar-refractivity contribution in [2.45, 2.75) is 13.0 Å². The maximum atomic E-state index is 9.42. The average Bonchev–Trinajstić information content (AvgIpc) is 3.03. The van der Waals surface area contributed by atoms with Crippen LogP contribution in [0.4, 0.5) is 0 Å². The predicted octanol–water partition coefficient (Wildman–Crippen LogP) is 1.85. The Labute approximate surface area is 119 Å². The number of hydrogen-bond donors (Lipinski definition) is 1. The number of likely N-dealkylation sites (tertiary alicyclic amines) is 1. The van der Waals surface area contributed by atoms with E-state index in [9.17, 15) is 5.26 Å². The summed E-state index contributed by atoms with van der Waals surface area (Å²) in [6.07, 6.45) is 5.35. The standard InChI is InChI=1S/C16H20N4/c1-18-9-13-5-7-19(10-13)11-14-12-20-6-3-2-4-16(20)15(14)8-17/h2-4,6,12-13,18H,5,7,9-11H2,1H3. The SMILES string of the molecule is CNCC1CCN(Cc2cn3ccccc3c2C#N)C1. The third kappa shape index (κ3) is 2.43. The molecule has 1 atom stereocenters. The lowest BCUT2D eigenvalue weighted by Gasteiger charge is -2.15. The first kappa shape index (κ1) is 13.2. The molecule has 1 saturated heterocycles. The number of nitriles is 1. The van der Waals surface area contributed by atoms with Crippen LogP contribution in [0.25, 0.3) is 5.52 Å². The second-order valence-corrected chi connectivity index (χ2v) is 5.58. The Kier molecular flexibility index (Phi) is 3.72. The first-order valence-corrected chi connectivity index (χ1v) is 7.17. The van der Waals surface area contributed by atoms with Gasteiger partial charge in [-0.2, -0.15) is 5.26 Å². The van der Waals surface area contributed by atoms with E-state index >= 15 is 0 Å². The van der Waals surface area contributed by atoms with Crippen molar-refractivity contribution in [3.63, 3.8) is 0 Å². The molecule has 1 aliphatic heterocycles. The summed E-state index contributed by atoms with van der Waals surface area (Å²) in [7, 11) is 2.01. The normalized spacial score (nSPS) is 19.5. The van der Waals surface area contributed by atoms with Crippen LogP contribution >= 0.6 is 0 Å². The highest BCUT2D eigenvalue weighted by molar-refractivity contribution is 5.65. The third-order valence-electron chi connectivity index (χ3n) is 4.13. The maximum Gasteiger partial charge on any atom is 0.102 e. The monoisotopic (exact) mass is 268 g/mol. The van der Waals surface area contributed by atoms with Crippen LogP contribution in [0, 0.1) is 17.2 Å². The molecule has 4 nitrogen and oxygen atoms in total. The highest BCUT2D eigenvalue weighted by Crippen LogP contribution is 2.23. The molecule has 0 spiro atoms. The topological polar surface area (TPSA) is 43.5 Å². The van der Waals surface area contributed by atoms with E-state index in [0.29, 0.717) is 0 Å². The smallest absolute Gasteiger partial charge is 0.102 e. The fourth-order valence-electron chi connectivity index (χ4n) is 3.18. The Morgan fingerprint density at radius 2 is 2.35 bits per heavy atom. The zero-order valence-electron chi connectivity index (χ0n) is 11.8. The van der Waals surface area contributed by atoms with Gasteiger partial charge < -0.3 is 9.72 Å². The molecule has 0 bridgehead atoms. The van der Waals surface area contributed by atoms with Crippen molar-refractivity contribution in [3.05, 3.63) is 41.7 Å². The second kappa shape index (κ2) is 5.66. The largest absolute Gasteiger partial charge is 0.322 e. The Hall–Kier alpha value is -1.83. The quantitative estimate of drug-likeness (QED) is 0.920. The summed E-state index contributed by atoms with van der Waals surface area (Å²) in [5.74, 6) is 0.738. The van der Waals surface area contributed by atoms with Crippen LogP contribution in [0.15, 0.2) is 30.6 Å². The lowest BCUT2D eigenvalue weighted by Crippen LogP contribution is -2.24. The number of hydrogen-bond acceptors (Lipinski definition) is 3. The summed E-state index contributed by atoms with van der Waals surface area (Å²) in [5, 5.41) is 12.7. The summed E-state index contributed by atoms with van der Waals surface area (Å²) < 4.78 is 2.05. The van der Waals surface area contributed by atoms with Crippen molar-refractivity contribution in [1.82, 2.24) is 14.6 Å². The summed E-state index contributed by atoms with van der Waals surface area (Å²) in [4.78, 5) is 2.46. The fourth-order valence-corrected chi connectivity index (χ4v) is 3.18. The molecular weight excluding hydrogens is 248 g/mol. The van der Waals surface area contributed by atoms with Crippen LogP contribution in [0.5, 0.6) is 0 Å². The molecule has 3 rings (SSSR count). The van der Waals surface area contributed by atoms with E-state index in [-0.39, 0.29) is 0 Å². The van der Waals surface area contributed by atoms with Gasteiger partial charge in [-0.1, -0.05) is 6.07 Å². The molecular formula is C16H20N4. The van der Waals surface area contributed by atoms with Crippen LogP contribution in [0.2, 0.25) is 0 Å². The molecule has 1 fully saturated rings. The van der Waals surface area contributed by atoms with E-state index in [1.807, 2.05) is 31.4 Å². The van der Waals surface area contributed by atoms with Gasteiger partial charge in [0.1, 0.15) is 6.07 Å². The molecule has 0 amide bonds. The Morgan fingerprint density at radius 1 is 1.45 bits per heavy atom. The minimum Gasteiger partial charge on any atom is -0.322 e. The van der Waals surface area contributed by atoms with E-state index in [1.54, 1.807) is 0 Å². The van der Waals surface area contributed by atoms with Crippen LogP contribution in [0.3, 0.4) is 0 Å². The van der Waals surface area contributed by atoms with Gasteiger partial charge in [0.15, 0.2) is 0 Å². The summed E-state index contributed by atoms with van der Waals surface area (Å²) in [6.45, 7) is 4.21. The molecule has 1 unspecified atom stereocenters. The minimum atomic E-state index is 0.738. The number of nitrogens with zero attached hydrogens (tertiary/aromatic N) is 3. The molecule has 2 aromatic rings. The van der Waals surface area contributed by atoms with E-state index in [1.165, 1.54) is 6.42 Å². The Balaban J connectivity index is 1.80. The van der Waals surface area contributed by atoms with Crippen molar-refractivity contribution >= 4 is 5.52 Å². The number of pyridine rings is 1. The molecule has 4 heteroatoms. The molecule has 104 valence electrons. The number of nitrogens with one attached hydrogen (secondary N) is 1. The van der Waals surface area contributed by atoms with E-state index < -0.39 is 0 Å². The first-order valence-electron chi connectivity index (χ1n) is 7.17. The summed E-state index contributed by atoms with van der Waals surface area (Å²) in [6, 6.07) is 8.36. The maximum absolute atomic E-state index is 9.42.